The number of thiophene rings is 1. The van der Waals surface area contributed by atoms with Gasteiger partial charge in [0, 0.05) is 13.2 Å². The van der Waals surface area contributed by atoms with E-state index in [4.69, 9.17) is 16.7 Å². The summed E-state index contributed by atoms with van der Waals surface area (Å²) in [5.41, 5.74) is 0.814. The lowest BCUT2D eigenvalue weighted by Crippen LogP contribution is -2.05. The molecule has 4 nitrogen and oxygen atoms in total. The Bertz CT molecular complexity index is 472. The molecule has 17 heavy (non-hydrogen) atoms. The summed E-state index contributed by atoms with van der Waals surface area (Å²) in [6.07, 6.45) is 0.698. The number of anilines is 1. The van der Waals surface area contributed by atoms with Crippen LogP contribution in [0, 0.1) is 0 Å². The first-order valence-electron chi connectivity index (χ1n) is 5.24. The van der Waals surface area contributed by atoms with E-state index >= 15 is 0 Å². The van der Waals surface area contributed by atoms with Crippen LogP contribution in [-0.4, -0.2) is 28.5 Å². The van der Waals surface area contributed by atoms with Crippen LogP contribution in [0.4, 0.5) is 5.82 Å². The molecule has 2 rings (SSSR count). The van der Waals surface area contributed by atoms with Crippen LogP contribution in [-0.2, 0) is 0 Å². The number of aliphatic hydroxyl groups is 1. The molecule has 0 amide bonds. The zero-order chi connectivity index (χ0) is 12.1. The molecule has 0 saturated heterocycles. The Labute approximate surface area is 108 Å². The quantitative estimate of drug-likeness (QED) is 0.820. The van der Waals surface area contributed by atoms with Crippen LogP contribution in [0.2, 0.25) is 4.34 Å². The lowest BCUT2D eigenvalue weighted by atomic mass is 10.3. The summed E-state index contributed by atoms with van der Waals surface area (Å²) in [5.74, 6) is 0.713. The van der Waals surface area contributed by atoms with Crippen LogP contribution in [0.5, 0.6) is 0 Å². The zero-order valence-corrected chi connectivity index (χ0v) is 10.6. The number of halogens is 1. The highest BCUT2D eigenvalue weighted by Gasteiger charge is 2.03. The average Bonchev–Trinajstić information content (AvgIpc) is 2.77. The van der Waals surface area contributed by atoms with Gasteiger partial charge in [-0.2, -0.15) is 0 Å². The smallest absolute Gasteiger partial charge is 0.148 e. The number of nitrogens with zero attached hydrogens (tertiary/aromatic N) is 2. The molecule has 0 atom stereocenters. The molecule has 0 aromatic carbocycles. The van der Waals surface area contributed by atoms with Gasteiger partial charge >= 0.3 is 0 Å². The second-order valence-corrected chi connectivity index (χ2v) is 5.13. The van der Waals surface area contributed by atoms with Crippen molar-refractivity contribution in [3.05, 3.63) is 28.6 Å². The topological polar surface area (TPSA) is 58.0 Å². The maximum absolute atomic E-state index is 8.65. The molecule has 2 heterocycles. The monoisotopic (exact) mass is 269 g/mol. The van der Waals surface area contributed by atoms with Gasteiger partial charge in [-0.15, -0.1) is 21.5 Å². The number of aromatic nitrogens is 2. The molecule has 2 aromatic heterocycles. The van der Waals surface area contributed by atoms with Crippen molar-refractivity contribution >= 4 is 28.8 Å². The van der Waals surface area contributed by atoms with Gasteiger partial charge in [-0.25, -0.2) is 0 Å². The maximum atomic E-state index is 8.65. The first-order chi connectivity index (χ1) is 8.29. The fourth-order valence-electron chi connectivity index (χ4n) is 1.31. The Balaban J connectivity index is 2.02. The van der Waals surface area contributed by atoms with Gasteiger partial charge in [0.25, 0.3) is 0 Å². The van der Waals surface area contributed by atoms with Crippen molar-refractivity contribution in [2.24, 2.45) is 0 Å². The lowest BCUT2D eigenvalue weighted by molar-refractivity contribution is 0.292. The molecule has 2 aromatic rings. The Hall–Kier alpha value is -1.17. The van der Waals surface area contributed by atoms with Crippen molar-refractivity contribution in [1.29, 1.82) is 0 Å². The standard InChI is InChI=1S/C11H12ClN3OS/c12-10-4-3-9(17-10)8-2-5-11(15-14-8)13-6-1-7-16/h2-5,16H,1,6-7H2,(H,13,15). The van der Waals surface area contributed by atoms with Crippen LogP contribution >= 0.6 is 22.9 Å². The molecule has 6 heteroatoms. The molecule has 0 saturated carbocycles. The summed E-state index contributed by atoms with van der Waals surface area (Å²) in [7, 11) is 0. The number of nitrogens with one attached hydrogen (secondary N) is 1. The van der Waals surface area contributed by atoms with Gasteiger partial charge in [0.2, 0.25) is 0 Å². The molecule has 0 radical (unpaired) electrons. The largest absolute Gasteiger partial charge is 0.396 e. The predicted octanol–water partition coefficient (Wildman–Crippen LogP) is 2.65. The van der Waals surface area contributed by atoms with E-state index in [1.807, 2.05) is 24.3 Å². The fourth-order valence-corrected chi connectivity index (χ4v) is 2.31. The van der Waals surface area contributed by atoms with Crippen LogP contribution < -0.4 is 5.32 Å². The van der Waals surface area contributed by atoms with E-state index < -0.39 is 0 Å². The molecule has 0 aliphatic carbocycles. The van der Waals surface area contributed by atoms with Gasteiger partial charge in [-0.3, -0.25) is 0 Å². The highest BCUT2D eigenvalue weighted by atomic mass is 35.5. The molecule has 0 unspecified atom stereocenters. The minimum atomic E-state index is 0.173. The van der Waals surface area contributed by atoms with E-state index in [0.717, 1.165) is 14.9 Å². The van der Waals surface area contributed by atoms with E-state index in [0.29, 0.717) is 18.8 Å². The molecule has 0 bridgehead atoms. The van der Waals surface area contributed by atoms with Gasteiger partial charge in [0.05, 0.1) is 9.21 Å². The summed E-state index contributed by atoms with van der Waals surface area (Å²) in [4.78, 5) is 1.00. The van der Waals surface area contributed by atoms with Crippen molar-refractivity contribution in [1.82, 2.24) is 10.2 Å². The summed E-state index contributed by atoms with van der Waals surface area (Å²) < 4.78 is 0.743. The van der Waals surface area contributed by atoms with E-state index in [-0.39, 0.29) is 6.61 Å². The molecule has 0 aliphatic heterocycles. The number of hydrogen-bond acceptors (Lipinski definition) is 5. The second-order valence-electron chi connectivity index (χ2n) is 3.41. The molecule has 2 N–H and O–H groups in total. The Morgan fingerprint density at radius 3 is 2.71 bits per heavy atom. The SMILES string of the molecule is OCCCNc1ccc(-c2ccc(Cl)s2)nn1. The summed E-state index contributed by atoms with van der Waals surface area (Å²) in [5, 5.41) is 19.9. The van der Waals surface area contributed by atoms with Crippen molar-refractivity contribution in [3.8, 4) is 10.6 Å². The first-order valence-corrected chi connectivity index (χ1v) is 6.43. The van der Waals surface area contributed by atoms with Crippen molar-refractivity contribution in [2.75, 3.05) is 18.5 Å². The van der Waals surface area contributed by atoms with Crippen LogP contribution in [0.1, 0.15) is 6.42 Å². The molecule has 90 valence electrons. The number of hydrogen-bond donors (Lipinski definition) is 2. The predicted molar refractivity (Wildman–Crippen MR) is 70.5 cm³/mol. The summed E-state index contributed by atoms with van der Waals surface area (Å²) >= 11 is 7.34. The minimum absolute atomic E-state index is 0.173. The number of aliphatic hydroxyl groups excluding tert-OH is 1. The van der Waals surface area contributed by atoms with Gasteiger partial charge < -0.3 is 10.4 Å². The minimum Gasteiger partial charge on any atom is -0.396 e. The Morgan fingerprint density at radius 2 is 2.12 bits per heavy atom. The fraction of sp³-hybridized carbons (Fsp3) is 0.273. The number of rotatable bonds is 5. The van der Waals surface area contributed by atoms with Gasteiger partial charge in [0.15, 0.2) is 0 Å². The third-order valence-electron chi connectivity index (χ3n) is 2.13. The highest BCUT2D eigenvalue weighted by Crippen LogP contribution is 2.29. The van der Waals surface area contributed by atoms with Gasteiger partial charge in [-0.05, 0) is 30.7 Å². The van der Waals surface area contributed by atoms with Crippen LogP contribution in [0.15, 0.2) is 24.3 Å². The first kappa shape index (κ1) is 12.3. The average molecular weight is 270 g/mol. The van der Waals surface area contributed by atoms with Crippen LogP contribution in [0.3, 0.4) is 0 Å². The maximum Gasteiger partial charge on any atom is 0.148 e. The van der Waals surface area contributed by atoms with Crippen molar-refractivity contribution in [3.63, 3.8) is 0 Å². The molecule has 0 spiro atoms. The third-order valence-corrected chi connectivity index (χ3v) is 3.38. The molecular weight excluding hydrogens is 258 g/mol. The Kier molecular flexibility index (Phi) is 4.30. The van der Waals surface area contributed by atoms with E-state index in [2.05, 4.69) is 15.5 Å². The third kappa shape index (κ3) is 3.39. The summed E-state index contributed by atoms with van der Waals surface area (Å²) in [6, 6.07) is 7.54. The van der Waals surface area contributed by atoms with Crippen molar-refractivity contribution < 1.29 is 5.11 Å². The molecule has 0 aliphatic rings. The van der Waals surface area contributed by atoms with E-state index in [1.54, 1.807) is 0 Å². The normalized spacial score (nSPS) is 10.5. The van der Waals surface area contributed by atoms with Crippen LogP contribution in [0.25, 0.3) is 10.6 Å². The second kappa shape index (κ2) is 5.95. The van der Waals surface area contributed by atoms with Gasteiger partial charge in [0.1, 0.15) is 11.5 Å². The lowest BCUT2D eigenvalue weighted by Gasteiger charge is -2.03. The Morgan fingerprint density at radius 1 is 1.24 bits per heavy atom. The van der Waals surface area contributed by atoms with Crippen molar-refractivity contribution in [2.45, 2.75) is 6.42 Å². The highest BCUT2D eigenvalue weighted by molar-refractivity contribution is 7.19. The molecule has 0 fully saturated rings. The summed E-state index contributed by atoms with van der Waals surface area (Å²) in [6.45, 7) is 0.863. The van der Waals surface area contributed by atoms with E-state index in [1.165, 1.54) is 11.3 Å². The van der Waals surface area contributed by atoms with Gasteiger partial charge in [-0.1, -0.05) is 11.6 Å². The zero-order valence-electron chi connectivity index (χ0n) is 9.06. The molecular formula is C11H12ClN3OS. The van der Waals surface area contributed by atoms with E-state index in [9.17, 15) is 0 Å².